The molecule has 0 saturated heterocycles. The molecule has 0 bridgehead atoms. The Balaban J connectivity index is 3.07. The number of rotatable bonds is 6. The molecular weight excluding hydrogens is 303 g/mol. The summed E-state index contributed by atoms with van der Waals surface area (Å²) in [4.78, 5) is 13.0. The van der Waals surface area contributed by atoms with E-state index in [1.165, 1.54) is 18.7 Å². The summed E-state index contributed by atoms with van der Waals surface area (Å²) >= 11 is 1.51. The molecule has 0 aliphatic heterocycles. The van der Waals surface area contributed by atoms with Crippen LogP contribution in [0.3, 0.4) is 0 Å². The van der Waals surface area contributed by atoms with Gasteiger partial charge in [-0.1, -0.05) is 12.1 Å². The third-order valence-corrected chi connectivity index (χ3v) is 3.74. The standard InChI is InChI=1S/C14H18F3NO2S/c1-4-20-12(19)13(2,18-9-14(15,16)17)10-5-7-11(21-3)8-6-10/h5-8,18H,4,9H2,1-3H3. The number of esters is 1. The van der Waals surface area contributed by atoms with Crippen molar-refractivity contribution in [3.8, 4) is 0 Å². The van der Waals surface area contributed by atoms with Gasteiger partial charge in [-0.25, -0.2) is 4.79 Å². The van der Waals surface area contributed by atoms with Crippen LogP contribution in [0.2, 0.25) is 0 Å². The molecule has 1 aromatic carbocycles. The van der Waals surface area contributed by atoms with Gasteiger partial charge in [0.2, 0.25) is 0 Å². The summed E-state index contributed by atoms with van der Waals surface area (Å²) < 4.78 is 42.3. The van der Waals surface area contributed by atoms with E-state index in [-0.39, 0.29) is 6.61 Å². The molecule has 1 rings (SSSR count). The highest BCUT2D eigenvalue weighted by atomic mass is 32.2. The molecule has 0 spiro atoms. The molecule has 1 atom stereocenters. The maximum Gasteiger partial charge on any atom is 0.401 e. The Labute approximate surface area is 126 Å². The molecule has 1 aromatic rings. The second-order valence-corrected chi connectivity index (χ2v) is 5.42. The van der Waals surface area contributed by atoms with Crippen molar-refractivity contribution < 1.29 is 22.7 Å². The molecule has 0 saturated carbocycles. The zero-order chi connectivity index (χ0) is 16.1. The molecule has 0 amide bonds. The fraction of sp³-hybridized carbons (Fsp3) is 0.500. The Morgan fingerprint density at radius 3 is 2.29 bits per heavy atom. The minimum absolute atomic E-state index is 0.102. The minimum atomic E-state index is -4.41. The van der Waals surface area contributed by atoms with Gasteiger partial charge in [0.25, 0.3) is 0 Å². The predicted octanol–water partition coefficient (Wildman–Crippen LogP) is 3.34. The van der Waals surface area contributed by atoms with Crippen molar-refractivity contribution in [1.29, 1.82) is 0 Å². The summed E-state index contributed by atoms with van der Waals surface area (Å²) in [5, 5.41) is 2.27. The highest BCUT2D eigenvalue weighted by Crippen LogP contribution is 2.26. The second kappa shape index (κ2) is 7.17. The highest BCUT2D eigenvalue weighted by Gasteiger charge is 2.40. The van der Waals surface area contributed by atoms with Gasteiger partial charge in [-0.05, 0) is 37.8 Å². The van der Waals surface area contributed by atoms with Gasteiger partial charge in [0.1, 0.15) is 5.54 Å². The molecule has 0 fully saturated rings. The largest absolute Gasteiger partial charge is 0.464 e. The normalized spacial score (nSPS) is 14.6. The molecule has 0 heterocycles. The van der Waals surface area contributed by atoms with Crippen LogP contribution >= 0.6 is 11.8 Å². The molecule has 0 aromatic heterocycles. The smallest absolute Gasteiger partial charge is 0.401 e. The van der Waals surface area contributed by atoms with Crippen LogP contribution in [-0.4, -0.2) is 31.6 Å². The van der Waals surface area contributed by atoms with E-state index in [4.69, 9.17) is 4.74 Å². The van der Waals surface area contributed by atoms with Gasteiger partial charge in [0.05, 0.1) is 13.2 Å². The number of benzene rings is 1. The molecule has 118 valence electrons. The van der Waals surface area contributed by atoms with E-state index in [0.717, 1.165) is 4.90 Å². The van der Waals surface area contributed by atoms with Crippen molar-refractivity contribution in [3.05, 3.63) is 29.8 Å². The van der Waals surface area contributed by atoms with E-state index in [1.54, 1.807) is 31.2 Å². The van der Waals surface area contributed by atoms with Gasteiger partial charge in [-0.15, -0.1) is 11.8 Å². The van der Waals surface area contributed by atoms with Crippen LogP contribution in [0.1, 0.15) is 19.4 Å². The maximum absolute atomic E-state index is 12.5. The van der Waals surface area contributed by atoms with Crippen molar-refractivity contribution >= 4 is 17.7 Å². The van der Waals surface area contributed by atoms with Crippen LogP contribution < -0.4 is 5.32 Å². The fourth-order valence-electron chi connectivity index (χ4n) is 1.77. The molecule has 1 unspecified atom stereocenters. The van der Waals surface area contributed by atoms with Crippen LogP contribution in [-0.2, 0) is 15.1 Å². The number of ether oxygens (including phenoxy) is 1. The lowest BCUT2D eigenvalue weighted by molar-refractivity contribution is -0.155. The van der Waals surface area contributed by atoms with Gasteiger partial charge in [-0.3, -0.25) is 5.32 Å². The third-order valence-electron chi connectivity index (χ3n) is 2.99. The van der Waals surface area contributed by atoms with Gasteiger partial charge in [0.15, 0.2) is 0 Å². The van der Waals surface area contributed by atoms with E-state index in [2.05, 4.69) is 5.32 Å². The first-order valence-electron chi connectivity index (χ1n) is 6.36. The van der Waals surface area contributed by atoms with Crippen molar-refractivity contribution in [2.75, 3.05) is 19.4 Å². The average molecular weight is 321 g/mol. The van der Waals surface area contributed by atoms with Crippen LogP contribution in [0.4, 0.5) is 13.2 Å². The first-order chi connectivity index (χ1) is 9.73. The van der Waals surface area contributed by atoms with Crippen LogP contribution in [0, 0.1) is 0 Å². The Bertz CT molecular complexity index is 476. The van der Waals surface area contributed by atoms with Crippen molar-refractivity contribution in [1.82, 2.24) is 5.32 Å². The van der Waals surface area contributed by atoms with E-state index in [0.29, 0.717) is 5.56 Å². The molecule has 0 radical (unpaired) electrons. The summed E-state index contributed by atoms with van der Waals surface area (Å²) in [6.45, 7) is 1.83. The zero-order valence-corrected chi connectivity index (χ0v) is 12.9. The Hall–Kier alpha value is -1.21. The van der Waals surface area contributed by atoms with E-state index in [9.17, 15) is 18.0 Å². The maximum atomic E-state index is 12.5. The zero-order valence-electron chi connectivity index (χ0n) is 12.1. The number of thioether (sulfide) groups is 1. The minimum Gasteiger partial charge on any atom is -0.464 e. The lowest BCUT2D eigenvalue weighted by Crippen LogP contribution is -2.50. The number of hydrogen-bond donors (Lipinski definition) is 1. The summed E-state index contributed by atoms with van der Waals surface area (Å²) in [5.74, 6) is -0.730. The number of halogens is 3. The van der Waals surface area contributed by atoms with Gasteiger partial charge in [-0.2, -0.15) is 13.2 Å². The third kappa shape index (κ3) is 4.93. The predicted molar refractivity (Wildman–Crippen MR) is 76.3 cm³/mol. The number of alkyl halides is 3. The molecule has 7 heteroatoms. The molecule has 0 aliphatic carbocycles. The van der Waals surface area contributed by atoms with Crippen molar-refractivity contribution in [3.63, 3.8) is 0 Å². The second-order valence-electron chi connectivity index (χ2n) is 4.54. The van der Waals surface area contributed by atoms with Crippen molar-refractivity contribution in [2.24, 2.45) is 0 Å². The Morgan fingerprint density at radius 1 is 1.29 bits per heavy atom. The van der Waals surface area contributed by atoms with Crippen molar-refractivity contribution in [2.45, 2.75) is 30.5 Å². The van der Waals surface area contributed by atoms with Crippen LogP contribution in [0.25, 0.3) is 0 Å². The monoisotopic (exact) mass is 321 g/mol. The average Bonchev–Trinajstić information content (AvgIpc) is 2.44. The SMILES string of the molecule is CCOC(=O)C(C)(NCC(F)(F)F)c1ccc(SC)cc1. The molecule has 0 aliphatic rings. The summed E-state index contributed by atoms with van der Waals surface area (Å²) in [6, 6.07) is 6.78. The molecule has 21 heavy (non-hydrogen) atoms. The first-order valence-corrected chi connectivity index (χ1v) is 7.59. The van der Waals surface area contributed by atoms with E-state index < -0.39 is 24.2 Å². The number of carbonyl (C=O) groups excluding carboxylic acids is 1. The quantitative estimate of drug-likeness (QED) is 0.644. The first kappa shape index (κ1) is 17.8. The summed E-state index contributed by atoms with van der Waals surface area (Å²) in [7, 11) is 0. The van der Waals surface area contributed by atoms with Gasteiger partial charge in [0, 0.05) is 4.90 Å². The summed E-state index contributed by atoms with van der Waals surface area (Å²) in [5.41, 5.74) is -1.11. The lowest BCUT2D eigenvalue weighted by atomic mass is 9.92. The lowest BCUT2D eigenvalue weighted by Gasteiger charge is -2.29. The Kier molecular flexibility index (Phi) is 6.10. The van der Waals surface area contributed by atoms with Crippen LogP contribution in [0.5, 0.6) is 0 Å². The number of nitrogens with one attached hydrogen (secondary N) is 1. The summed E-state index contributed by atoms with van der Waals surface area (Å²) in [6.07, 6.45) is -2.52. The van der Waals surface area contributed by atoms with Crippen LogP contribution in [0.15, 0.2) is 29.2 Å². The highest BCUT2D eigenvalue weighted by molar-refractivity contribution is 7.98. The number of carbonyl (C=O) groups is 1. The van der Waals surface area contributed by atoms with Gasteiger partial charge < -0.3 is 4.74 Å². The van der Waals surface area contributed by atoms with Gasteiger partial charge >= 0.3 is 12.1 Å². The van der Waals surface area contributed by atoms with E-state index in [1.807, 2.05) is 6.26 Å². The molecule has 3 nitrogen and oxygen atoms in total. The topological polar surface area (TPSA) is 38.3 Å². The number of hydrogen-bond acceptors (Lipinski definition) is 4. The molecule has 1 N–H and O–H groups in total. The Morgan fingerprint density at radius 2 is 1.86 bits per heavy atom. The fourth-order valence-corrected chi connectivity index (χ4v) is 2.18. The van der Waals surface area contributed by atoms with E-state index >= 15 is 0 Å². The molecular formula is C14H18F3NO2S.